The molecular formula is C11H12N2O3. The summed E-state index contributed by atoms with van der Waals surface area (Å²) in [6, 6.07) is 5.44. The quantitative estimate of drug-likeness (QED) is 0.854. The Balaban J connectivity index is 2.72. The van der Waals surface area contributed by atoms with Gasteiger partial charge in [0.05, 0.1) is 23.2 Å². The van der Waals surface area contributed by atoms with Gasteiger partial charge >= 0.3 is 5.97 Å². The molecule has 0 amide bonds. The minimum absolute atomic E-state index is 0.235. The number of carbonyl (C=O) groups is 1. The number of carboxylic acid groups (broad SMARTS) is 1. The van der Waals surface area contributed by atoms with Crippen molar-refractivity contribution in [1.82, 2.24) is 9.55 Å². The molecular weight excluding hydrogens is 208 g/mol. The highest BCUT2D eigenvalue weighted by Gasteiger charge is 2.15. The molecule has 0 aliphatic rings. The molecule has 0 bridgehead atoms. The maximum Gasteiger partial charge on any atom is 0.337 e. The Morgan fingerprint density at radius 1 is 1.56 bits per heavy atom. The molecule has 1 heterocycles. The number of fused-ring (bicyclic) bond motifs is 1. The number of hydrogen-bond donors (Lipinski definition) is 1. The van der Waals surface area contributed by atoms with Gasteiger partial charge in [-0.3, -0.25) is 4.57 Å². The molecule has 0 spiro atoms. The number of rotatable bonds is 3. The fraction of sp³-hybridized carbons (Fsp3) is 0.273. The number of aromatic carboxylic acids is 1. The molecule has 2 aromatic rings. The van der Waals surface area contributed by atoms with Gasteiger partial charge in [-0.05, 0) is 19.1 Å². The van der Waals surface area contributed by atoms with E-state index in [0.717, 1.165) is 0 Å². The third-order valence-corrected chi connectivity index (χ3v) is 2.36. The fourth-order valence-corrected chi connectivity index (χ4v) is 1.68. The number of benzene rings is 1. The number of imidazole rings is 1. The van der Waals surface area contributed by atoms with Crippen LogP contribution in [-0.4, -0.2) is 27.2 Å². The number of aromatic nitrogens is 2. The van der Waals surface area contributed by atoms with Gasteiger partial charge < -0.3 is 9.84 Å². The summed E-state index contributed by atoms with van der Waals surface area (Å²) < 4.78 is 6.97. The van der Waals surface area contributed by atoms with Crippen LogP contribution in [0.1, 0.15) is 17.3 Å². The maximum absolute atomic E-state index is 11.1. The predicted molar refractivity (Wildman–Crippen MR) is 58.8 cm³/mol. The number of para-hydroxylation sites is 1. The Kier molecular flexibility index (Phi) is 2.52. The van der Waals surface area contributed by atoms with E-state index in [2.05, 4.69) is 4.98 Å². The van der Waals surface area contributed by atoms with Crippen molar-refractivity contribution in [3.05, 3.63) is 23.8 Å². The summed E-state index contributed by atoms with van der Waals surface area (Å²) in [4.78, 5) is 15.3. The van der Waals surface area contributed by atoms with Gasteiger partial charge in [0.1, 0.15) is 0 Å². The second kappa shape index (κ2) is 3.84. The third kappa shape index (κ3) is 1.50. The van der Waals surface area contributed by atoms with Crippen LogP contribution in [-0.2, 0) is 7.05 Å². The largest absolute Gasteiger partial charge is 0.478 e. The minimum Gasteiger partial charge on any atom is -0.478 e. The van der Waals surface area contributed by atoms with Crippen LogP contribution in [0.15, 0.2) is 18.2 Å². The summed E-state index contributed by atoms with van der Waals surface area (Å²) >= 11 is 0. The number of ether oxygens (including phenoxy) is 1. The van der Waals surface area contributed by atoms with E-state index < -0.39 is 5.97 Å². The molecule has 5 heteroatoms. The van der Waals surface area contributed by atoms with Crippen molar-refractivity contribution in [3.8, 4) is 6.01 Å². The van der Waals surface area contributed by atoms with E-state index in [9.17, 15) is 4.79 Å². The molecule has 0 unspecified atom stereocenters. The second-order valence-corrected chi connectivity index (χ2v) is 3.36. The summed E-state index contributed by atoms with van der Waals surface area (Å²) in [7, 11) is 1.74. The highest BCUT2D eigenvalue weighted by atomic mass is 16.5. The van der Waals surface area contributed by atoms with Crippen LogP contribution in [0.3, 0.4) is 0 Å². The van der Waals surface area contributed by atoms with E-state index in [-0.39, 0.29) is 5.56 Å². The topological polar surface area (TPSA) is 64.3 Å². The van der Waals surface area contributed by atoms with Crippen molar-refractivity contribution in [2.45, 2.75) is 6.92 Å². The molecule has 0 radical (unpaired) electrons. The van der Waals surface area contributed by atoms with Gasteiger partial charge in [0.25, 0.3) is 6.01 Å². The summed E-state index contributed by atoms with van der Waals surface area (Å²) in [5.41, 5.74) is 1.45. The standard InChI is InChI=1S/C11H12N2O3/c1-3-16-11-12-8-6-4-5-7(10(14)15)9(8)13(11)2/h4-6H,3H2,1-2H3,(H,14,15). The van der Waals surface area contributed by atoms with Crippen molar-refractivity contribution in [2.75, 3.05) is 6.61 Å². The Morgan fingerprint density at radius 2 is 2.31 bits per heavy atom. The first kappa shape index (κ1) is 10.5. The molecule has 0 atom stereocenters. The SMILES string of the molecule is CCOc1nc2cccc(C(=O)O)c2n1C. The molecule has 16 heavy (non-hydrogen) atoms. The third-order valence-electron chi connectivity index (χ3n) is 2.36. The van der Waals surface area contributed by atoms with Gasteiger partial charge in [-0.1, -0.05) is 6.07 Å². The lowest BCUT2D eigenvalue weighted by Gasteiger charge is -2.03. The first-order valence-corrected chi connectivity index (χ1v) is 4.96. The first-order valence-electron chi connectivity index (χ1n) is 4.96. The smallest absolute Gasteiger partial charge is 0.337 e. The van der Waals surface area contributed by atoms with Crippen molar-refractivity contribution >= 4 is 17.0 Å². The Bertz CT molecular complexity index is 545. The minimum atomic E-state index is -0.961. The number of hydrogen-bond acceptors (Lipinski definition) is 3. The van der Waals surface area contributed by atoms with Gasteiger partial charge in [0, 0.05) is 7.05 Å². The Labute approximate surface area is 92.3 Å². The molecule has 1 aromatic heterocycles. The highest BCUT2D eigenvalue weighted by Crippen LogP contribution is 2.23. The molecule has 0 fully saturated rings. The average molecular weight is 220 g/mol. The lowest BCUT2D eigenvalue weighted by molar-refractivity contribution is 0.0698. The zero-order chi connectivity index (χ0) is 11.7. The van der Waals surface area contributed by atoms with Gasteiger partial charge in [-0.2, -0.15) is 4.98 Å². The Morgan fingerprint density at radius 3 is 2.94 bits per heavy atom. The molecule has 2 rings (SSSR count). The monoisotopic (exact) mass is 220 g/mol. The number of carboxylic acids is 1. The molecule has 0 aliphatic heterocycles. The maximum atomic E-state index is 11.1. The van der Waals surface area contributed by atoms with E-state index in [1.54, 1.807) is 29.8 Å². The van der Waals surface area contributed by atoms with E-state index in [1.807, 2.05) is 6.92 Å². The van der Waals surface area contributed by atoms with Crippen LogP contribution >= 0.6 is 0 Å². The van der Waals surface area contributed by atoms with Gasteiger partial charge in [0.15, 0.2) is 0 Å². The molecule has 0 aliphatic carbocycles. The summed E-state index contributed by atoms with van der Waals surface area (Å²) in [6.07, 6.45) is 0. The summed E-state index contributed by atoms with van der Waals surface area (Å²) in [5, 5.41) is 9.06. The fourth-order valence-electron chi connectivity index (χ4n) is 1.68. The van der Waals surface area contributed by atoms with Crippen molar-refractivity contribution < 1.29 is 14.6 Å². The average Bonchev–Trinajstić information content (AvgIpc) is 2.57. The van der Waals surface area contributed by atoms with Crippen LogP contribution < -0.4 is 4.74 Å². The number of nitrogens with zero attached hydrogens (tertiary/aromatic N) is 2. The zero-order valence-electron chi connectivity index (χ0n) is 9.10. The van der Waals surface area contributed by atoms with Crippen molar-refractivity contribution in [3.63, 3.8) is 0 Å². The lowest BCUT2D eigenvalue weighted by atomic mass is 10.2. The van der Waals surface area contributed by atoms with E-state index in [1.165, 1.54) is 0 Å². The normalized spacial score (nSPS) is 10.6. The van der Waals surface area contributed by atoms with Gasteiger partial charge in [0.2, 0.25) is 0 Å². The van der Waals surface area contributed by atoms with Crippen LogP contribution in [0, 0.1) is 0 Å². The summed E-state index contributed by atoms with van der Waals surface area (Å²) in [5.74, 6) is -0.961. The Hall–Kier alpha value is -2.04. The molecule has 1 N–H and O–H groups in total. The second-order valence-electron chi connectivity index (χ2n) is 3.36. The highest BCUT2D eigenvalue weighted by molar-refractivity contribution is 6.01. The predicted octanol–water partition coefficient (Wildman–Crippen LogP) is 1.67. The van der Waals surface area contributed by atoms with Gasteiger partial charge in [-0.15, -0.1) is 0 Å². The zero-order valence-corrected chi connectivity index (χ0v) is 9.10. The van der Waals surface area contributed by atoms with E-state index in [4.69, 9.17) is 9.84 Å². The van der Waals surface area contributed by atoms with Crippen molar-refractivity contribution in [1.29, 1.82) is 0 Å². The molecule has 84 valence electrons. The van der Waals surface area contributed by atoms with E-state index in [0.29, 0.717) is 23.7 Å². The van der Waals surface area contributed by atoms with Crippen LogP contribution in [0.4, 0.5) is 0 Å². The van der Waals surface area contributed by atoms with Crippen LogP contribution in [0.25, 0.3) is 11.0 Å². The lowest BCUT2D eigenvalue weighted by Crippen LogP contribution is -2.02. The van der Waals surface area contributed by atoms with Crippen LogP contribution in [0.2, 0.25) is 0 Å². The van der Waals surface area contributed by atoms with Crippen LogP contribution in [0.5, 0.6) is 6.01 Å². The van der Waals surface area contributed by atoms with E-state index >= 15 is 0 Å². The molecule has 1 aromatic carbocycles. The summed E-state index contributed by atoms with van der Waals surface area (Å²) in [6.45, 7) is 2.36. The molecule has 5 nitrogen and oxygen atoms in total. The van der Waals surface area contributed by atoms with Crippen molar-refractivity contribution in [2.24, 2.45) is 7.05 Å². The number of aryl methyl sites for hydroxylation is 1. The molecule has 0 saturated heterocycles. The first-order chi connectivity index (χ1) is 7.65. The van der Waals surface area contributed by atoms with Gasteiger partial charge in [-0.25, -0.2) is 4.79 Å². The molecule has 0 saturated carbocycles.